The summed E-state index contributed by atoms with van der Waals surface area (Å²) in [6.45, 7) is 1.43. The fourth-order valence-corrected chi connectivity index (χ4v) is 1.14. The van der Waals surface area contributed by atoms with Crippen molar-refractivity contribution in [2.45, 2.75) is 6.92 Å². The van der Waals surface area contributed by atoms with Crippen LogP contribution >= 0.6 is 0 Å². The predicted octanol–water partition coefficient (Wildman–Crippen LogP) is -5.12. The van der Waals surface area contributed by atoms with Crippen molar-refractivity contribution in [3.05, 3.63) is 36.2 Å². The van der Waals surface area contributed by atoms with Gasteiger partial charge in [0, 0.05) is 21.0 Å². The normalized spacial score (nSPS) is 8.90. The molecule has 15 nitrogen and oxygen atoms in total. The topological polar surface area (TPSA) is 161 Å². The molecule has 0 fully saturated rings. The molecule has 170 valence electrons. The number of hydrogen-bond donors (Lipinski definition) is 0. The van der Waals surface area contributed by atoms with E-state index in [2.05, 4.69) is 43.9 Å². The van der Waals surface area contributed by atoms with Gasteiger partial charge in [-0.05, 0) is 12.7 Å². The Morgan fingerprint density at radius 3 is 1.55 bits per heavy atom. The number of halogens is 1. The summed E-state index contributed by atoms with van der Waals surface area (Å²) in [6, 6.07) is 1.75. The van der Waals surface area contributed by atoms with Crippen molar-refractivity contribution in [1.82, 2.24) is 29.6 Å². The van der Waals surface area contributed by atoms with Gasteiger partial charge in [0.15, 0.2) is 12.7 Å². The maximum atomic E-state index is 10.1. The minimum absolute atomic E-state index is 0. The summed E-state index contributed by atoms with van der Waals surface area (Å²) in [5, 5.41) is 24.8. The van der Waals surface area contributed by atoms with Crippen molar-refractivity contribution in [2.24, 2.45) is 24.3 Å². The van der Waals surface area contributed by atoms with E-state index in [1.54, 1.807) is 20.2 Å². The molecule has 2 rings (SSSR count). The minimum Gasteiger partial charge on any atom is -1.00 e. The Labute approximate surface area is 207 Å². The van der Waals surface area contributed by atoms with Gasteiger partial charge < -0.3 is 64.4 Å². The predicted molar refractivity (Wildman–Crippen MR) is 97.9 cm³/mol. The molecule has 0 spiro atoms. The van der Waals surface area contributed by atoms with Crippen LogP contribution in [0, 0.1) is 24.0 Å². The number of aromatic nitrogens is 6. The largest absolute Gasteiger partial charge is 3.00 e. The summed E-state index contributed by atoms with van der Waals surface area (Å²) >= 11 is 0. The van der Waals surface area contributed by atoms with Gasteiger partial charge in [-0.15, -0.1) is 0 Å². The van der Waals surface area contributed by atoms with Crippen LogP contribution in [-0.2, 0) is 40.5 Å². The molecule has 0 aromatic carbocycles. The van der Waals surface area contributed by atoms with Crippen LogP contribution < -0.4 is 33.3 Å². The Kier molecular flexibility index (Phi) is 21.2. The number of nitriles is 1. The maximum absolute atomic E-state index is 10.1. The van der Waals surface area contributed by atoms with Gasteiger partial charge in [0.25, 0.3) is 0 Å². The first-order chi connectivity index (χ1) is 13.9. The summed E-state index contributed by atoms with van der Waals surface area (Å²) in [6.07, 6.45) is 12.0. The second-order valence-electron chi connectivity index (χ2n) is 4.67. The molecule has 2 heterocycles. The number of carbonyl (C=O) groups is 2. The van der Waals surface area contributed by atoms with E-state index in [0.29, 0.717) is 12.8 Å². The van der Waals surface area contributed by atoms with Gasteiger partial charge in [0.2, 0.25) is 12.8 Å². The van der Waals surface area contributed by atoms with Gasteiger partial charge in [-0.25, -0.2) is 9.36 Å². The minimum atomic E-state index is 0. The van der Waals surface area contributed by atoms with E-state index in [0.717, 1.165) is 10.0 Å². The molecule has 31 heavy (non-hydrogen) atoms. The summed E-state index contributed by atoms with van der Waals surface area (Å²) in [4.78, 5) is 20.2. The fraction of sp³-hybridized carbons (Fsp3) is 0.357. The van der Waals surface area contributed by atoms with Crippen LogP contribution in [0.25, 0.3) is 10.9 Å². The molecular weight excluding hydrogens is 568 g/mol. The first-order valence-electron chi connectivity index (χ1n) is 7.66. The molecule has 0 unspecified atom stereocenters. The third-order valence-corrected chi connectivity index (χ3v) is 2.29. The molecular formula is C14H21CoIN13O2. The van der Waals surface area contributed by atoms with Crippen LogP contribution in [0.4, 0.5) is 0 Å². The van der Waals surface area contributed by atoms with Gasteiger partial charge in [-0.3, -0.25) is 9.59 Å². The molecule has 2 aromatic rings. The standard InChI is InChI=1S/2C6H9N6O.C2H3N.Co.HI/c2*1-10-5-12(4-9-10)8-3-7-11(2)6-13;1-2-3;;/h2*3-4,6H,1-2H3;1H3;;1H/q2*-1;;+3;/p-1. The number of rotatable bonds is 8. The van der Waals surface area contributed by atoms with E-state index in [-0.39, 0.29) is 40.8 Å². The first-order valence-corrected chi connectivity index (χ1v) is 7.66. The summed E-state index contributed by atoms with van der Waals surface area (Å²) < 4.78 is 5.64. The second kappa shape index (κ2) is 20.2. The average molecular weight is 589 g/mol. The molecule has 0 aliphatic heterocycles. The Morgan fingerprint density at radius 2 is 1.32 bits per heavy atom. The number of nitrogens with zero attached hydrogens (tertiary/aromatic N) is 13. The smallest absolute Gasteiger partial charge is 1.00 e. The van der Waals surface area contributed by atoms with E-state index < -0.39 is 0 Å². The van der Waals surface area contributed by atoms with Crippen LogP contribution in [0.15, 0.2) is 22.9 Å². The number of aryl methyl sites for hydroxylation is 2. The van der Waals surface area contributed by atoms with Gasteiger partial charge >= 0.3 is 16.8 Å². The summed E-state index contributed by atoms with van der Waals surface area (Å²) in [5.74, 6) is 0. The van der Waals surface area contributed by atoms with Gasteiger partial charge in [-0.1, -0.05) is 0 Å². The molecule has 0 bridgehead atoms. The van der Waals surface area contributed by atoms with E-state index >= 15 is 0 Å². The SMILES string of the molecule is CC#N.CN(C=O)[N-]/C=N\n1[c-][n+](C)nc1.CN(C=O)[N-]/C=N\n1[c-][n+](C)nc1.[Co+3].[I-]. The molecule has 0 saturated heterocycles. The molecule has 0 N–H and O–H groups in total. The first kappa shape index (κ1) is 32.5. The van der Waals surface area contributed by atoms with Gasteiger partial charge in [0.05, 0.1) is 32.8 Å². The van der Waals surface area contributed by atoms with Crippen LogP contribution in [0.5, 0.6) is 0 Å². The Hall–Kier alpha value is -3.11. The Balaban J connectivity index is -0.000000424. The van der Waals surface area contributed by atoms with Crippen molar-refractivity contribution in [2.75, 3.05) is 14.1 Å². The van der Waals surface area contributed by atoms with Crippen molar-refractivity contribution in [3.63, 3.8) is 0 Å². The van der Waals surface area contributed by atoms with E-state index in [4.69, 9.17) is 5.26 Å². The zero-order valence-electron chi connectivity index (χ0n) is 17.3. The monoisotopic (exact) mass is 589 g/mol. The van der Waals surface area contributed by atoms with Crippen LogP contribution in [0.1, 0.15) is 6.92 Å². The molecule has 0 atom stereocenters. The molecule has 17 heteroatoms. The third kappa shape index (κ3) is 17.5. The maximum Gasteiger partial charge on any atom is 3.00 e. The van der Waals surface area contributed by atoms with Crippen molar-refractivity contribution in [3.8, 4) is 6.07 Å². The van der Waals surface area contributed by atoms with Crippen LogP contribution in [-0.4, -0.2) is 69.2 Å². The Morgan fingerprint density at radius 1 is 1.00 bits per heavy atom. The van der Waals surface area contributed by atoms with Gasteiger partial charge in [0.1, 0.15) is 0 Å². The second-order valence-corrected chi connectivity index (χ2v) is 4.67. The molecule has 0 aliphatic carbocycles. The zero-order valence-corrected chi connectivity index (χ0v) is 20.5. The molecule has 0 radical (unpaired) electrons. The zero-order chi connectivity index (χ0) is 22.1. The van der Waals surface area contributed by atoms with Crippen LogP contribution in [0.3, 0.4) is 0 Å². The third-order valence-electron chi connectivity index (χ3n) is 2.29. The van der Waals surface area contributed by atoms with E-state index in [9.17, 15) is 9.59 Å². The number of amides is 2. The van der Waals surface area contributed by atoms with Crippen LogP contribution in [0.2, 0.25) is 0 Å². The van der Waals surface area contributed by atoms with Crippen molar-refractivity contribution >= 4 is 25.5 Å². The molecule has 0 saturated carbocycles. The summed E-state index contributed by atoms with van der Waals surface area (Å²) in [5.41, 5.74) is 7.29. The number of hydrogen-bond acceptors (Lipinski definition) is 7. The molecule has 0 aliphatic rings. The molecule has 2 amide bonds. The average Bonchev–Trinajstić information content (AvgIpc) is 3.30. The fourth-order valence-electron chi connectivity index (χ4n) is 1.14. The summed E-state index contributed by atoms with van der Waals surface area (Å²) in [7, 11) is 6.47. The van der Waals surface area contributed by atoms with E-state index in [1.165, 1.54) is 65.1 Å². The number of carbonyl (C=O) groups excluding carboxylic acids is 2. The Bertz CT molecular complexity index is 770. The quantitative estimate of drug-likeness (QED) is 0.0572. The van der Waals surface area contributed by atoms with Crippen molar-refractivity contribution < 1.29 is 59.7 Å². The van der Waals surface area contributed by atoms with Gasteiger partial charge in [-0.2, -0.15) is 15.5 Å². The van der Waals surface area contributed by atoms with Crippen molar-refractivity contribution in [1.29, 1.82) is 5.26 Å². The molecule has 2 aromatic heterocycles. The van der Waals surface area contributed by atoms with E-state index in [1.807, 2.05) is 0 Å².